The summed E-state index contributed by atoms with van der Waals surface area (Å²) in [7, 11) is 0. The summed E-state index contributed by atoms with van der Waals surface area (Å²) in [6, 6.07) is 0. The van der Waals surface area contributed by atoms with Gasteiger partial charge in [-0.1, -0.05) is 6.92 Å². The third-order valence-corrected chi connectivity index (χ3v) is 0.926. The molecule has 0 saturated carbocycles. The molecule has 1 saturated heterocycles. The molecule has 0 N–H and O–H groups in total. The molecule has 2 nitrogen and oxygen atoms in total. The largest absolute Gasteiger partial charge is 0.465 e. The van der Waals surface area contributed by atoms with Gasteiger partial charge in [0.2, 0.25) is 0 Å². The van der Waals surface area contributed by atoms with Gasteiger partial charge < -0.3 is 4.74 Å². The van der Waals surface area contributed by atoms with Gasteiger partial charge in [0.1, 0.15) is 0 Å². The Kier molecular flexibility index (Phi) is 1.01. The third-order valence-electron chi connectivity index (χ3n) is 0.926. The van der Waals surface area contributed by atoms with Crippen LogP contribution in [0.15, 0.2) is 0 Å². The first-order chi connectivity index (χ1) is 3.29. The highest BCUT2D eigenvalue weighted by Crippen LogP contribution is 2.13. The molecule has 0 aromatic rings. The zero-order valence-electron chi connectivity index (χ0n) is 4.23. The lowest BCUT2D eigenvalue weighted by Gasteiger charge is -1.86. The Bertz CT molecular complexity index is 88.1. The Morgan fingerprint density at radius 2 is 2.43 bits per heavy atom. The van der Waals surface area contributed by atoms with Crippen molar-refractivity contribution in [3.63, 3.8) is 0 Å². The van der Waals surface area contributed by atoms with Crippen molar-refractivity contribution in [3.05, 3.63) is 5.92 Å². The second-order valence-electron chi connectivity index (χ2n) is 1.79. The van der Waals surface area contributed by atoms with Gasteiger partial charge in [-0.15, -0.1) is 0 Å². The van der Waals surface area contributed by atoms with E-state index >= 15 is 0 Å². The molecular weight excluding hydrogens is 92.1 g/mol. The van der Waals surface area contributed by atoms with Crippen LogP contribution >= 0.6 is 0 Å². The Labute approximate surface area is 42.5 Å². The van der Waals surface area contributed by atoms with Crippen molar-refractivity contribution in [1.82, 2.24) is 0 Å². The molecule has 1 rings (SSSR count). The van der Waals surface area contributed by atoms with Gasteiger partial charge in [0.15, 0.2) is 0 Å². The van der Waals surface area contributed by atoms with Gasteiger partial charge in [-0.2, -0.15) is 0 Å². The van der Waals surface area contributed by atoms with E-state index in [1.165, 1.54) is 0 Å². The average molecular weight is 99.1 g/mol. The van der Waals surface area contributed by atoms with E-state index in [1.807, 2.05) is 6.92 Å². The normalized spacial score (nSPS) is 22.7. The Hall–Kier alpha value is -0.530. The lowest BCUT2D eigenvalue weighted by atomic mass is 10.2. The van der Waals surface area contributed by atoms with Gasteiger partial charge >= 0.3 is 5.97 Å². The molecule has 0 unspecified atom stereocenters. The molecule has 0 aromatic heterocycles. The molecule has 0 aromatic carbocycles. The van der Waals surface area contributed by atoms with E-state index in [2.05, 4.69) is 4.74 Å². The molecule has 0 aliphatic carbocycles. The summed E-state index contributed by atoms with van der Waals surface area (Å²) in [6.45, 7) is 2.46. The average Bonchev–Trinajstić information content (AvgIpc) is 1.87. The van der Waals surface area contributed by atoms with Crippen LogP contribution in [-0.4, -0.2) is 12.6 Å². The lowest BCUT2D eigenvalue weighted by molar-refractivity contribution is -0.137. The number of esters is 1. The van der Waals surface area contributed by atoms with Crippen molar-refractivity contribution in [2.24, 2.45) is 0 Å². The molecule has 0 atom stereocenters. The third kappa shape index (κ3) is 0.918. The molecule has 0 spiro atoms. The predicted molar refractivity (Wildman–Crippen MR) is 24.5 cm³/mol. The minimum Gasteiger partial charge on any atom is -0.465 e. The monoisotopic (exact) mass is 99.0 g/mol. The van der Waals surface area contributed by atoms with Crippen molar-refractivity contribution < 1.29 is 9.53 Å². The number of rotatable bonds is 0. The summed E-state index contributed by atoms with van der Waals surface area (Å²) in [5.74, 6) is 1.04. The van der Waals surface area contributed by atoms with E-state index in [0.29, 0.717) is 13.0 Å². The van der Waals surface area contributed by atoms with Crippen LogP contribution < -0.4 is 0 Å². The van der Waals surface area contributed by atoms with Crippen LogP contribution in [0.3, 0.4) is 0 Å². The number of cyclic esters (lactones) is 1. The summed E-state index contributed by atoms with van der Waals surface area (Å²) in [5, 5.41) is 0. The van der Waals surface area contributed by atoms with Crippen LogP contribution in [0.2, 0.25) is 0 Å². The second kappa shape index (κ2) is 1.52. The maximum Gasteiger partial charge on any atom is 0.306 e. The number of ether oxygens (including phenoxy) is 1. The molecule has 1 aliphatic rings. The number of hydrogen-bond acceptors (Lipinski definition) is 2. The van der Waals surface area contributed by atoms with Crippen LogP contribution in [0.5, 0.6) is 0 Å². The van der Waals surface area contributed by atoms with Gasteiger partial charge in [-0.3, -0.25) is 4.79 Å². The predicted octanol–water partition coefficient (Wildman–Crippen LogP) is 0.528. The summed E-state index contributed by atoms with van der Waals surface area (Å²) < 4.78 is 4.59. The SMILES string of the molecule is C[C]1COC(=O)C1. The zero-order chi connectivity index (χ0) is 5.28. The fourth-order valence-corrected chi connectivity index (χ4v) is 0.552. The highest BCUT2D eigenvalue weighted by molar-refractivity contribution is 5.74. The smallest absolute Gasteiger partial charge is 0.306 e. The van der Waals surface area contributed by atoms with Gasteiger partial charge in [-0.05, 0) is 0 Å². The van der Waals surface area contributed by atoms with Crippen LogP contribution in [0.1, 0.15) is 13.3 Å². The van der Waals surface area contributed by atoms with Crippen LogP contribution in [0.4, 0.5) is 0 Å². The van der Waals surface area contributed by atoms with Crippen LogP contribution in [-0.2, 0) is 9.53 Å². The molecule has 7 heavy (non-hydrogen) atoms. The van der Waals surface area contributed by atoms with E-state index in [4.69, 9.17) is 0 Å². The van der Waals surface area contributed by atoms with Crippen molar-refractivity contribution in [2.75, 3.05) is 6.61 Å². The standard InChI is InChI=1S/C5H7O2/c1-4-2-5(6)7-3-4/h2-3H2,1H3. The quantitative estimate of drug-likeness (QED) is 0.414. The van der Waals surface area contributed by atoms with Crippen LogP contribution in [0, 0.1) is 5.92 Å². The maximum absolute atomic E-state index is 10.2. The lowest BCUT2D eigenvalue weighted by Crippen LogP contribution is -1.88. The Morgan fingerprint density at radius 1 is 1.71 bits per heavy atom. The first-order valence-corrected chi connectivity index (χ1v) is 2.26. The van der Waals surface area contributed by atoms with E-state index in [-0.39, 0.29) is 5.97 Å². The molecule has 1 heterocycles. The van der Waals surface area contributed by atoms with E-state index in [9.17, 15) is 4.79 Å². The van der Waals surface area contributed by atoms with E-state index < -0.39 is 0 Å². The molecule has 1 radical (unpaired) electrons. The summed E-state index contributed by atoms with van der Waals surface area (Å²) >= 11 is 0. The first-order valence-electron chi connectivity index (χ1n) is 2.26. The Balaban J connectivity index is 2.40. The molecule has 0 amide bonds. The highest BCUT2D eigenvalue weighted by atomic mass is 16.5. The van der Waals surface area contributed by atoms with Crippen LogP contribution in [0.25, 0.3) is 0 Å². The topological polar surface area (TPSA) is 26.3 Å². The van der Waals surface area contributed by atoms with Crippen molar-refractivity contribution in [3.8, 4) is 0 Å². The molecule has 1 aliphatic heterocycles. The van der Waals surface area contributed by atoms with Gasteiger partial charge in [0.25, 0.3) is 0 Å². The highest BCUT2D eigenvalue weighted by Gasteiger charge is 2.18. The second-order valence-corrected chi connectivity index (χ2v) is 1.79. The molecule has 2 heteroatoms. The minimum absolute atomic E-state index is 0.0856. The molecule has 39 valence electrons. The van der Waals surface area contributed by atoms with Crippen molar-refractivity contribution in [2.45, 2.75) is 13.3 Å². The Morgan fingerprint density at radius 3 is 2.57 bits per heavy atom. The maximum atomic E-state index is 10.2. The van der Waals surface area contributed by atoms with E-state index in [1.54, 1.807) is 0 Å². The number of carbonyl (C=O) groups is 1. The minimum atomic E-state index is -0.0856. The fourth-order valence-electron chi connectivity index (χ4n) is 0.552. The van der Waals surface area contributed by atoms with Gasteiger partial charge in [-0.25, -0.2) is 0 Å². The summed E-state index contributed by atoms with van der Waals surface area (Å²) in [4.78, 5) is 10.2. The zero-order valence-corrected chi connectivity index (χ0v) is 4.23. The van der Waals surface area contributed by atoms with Crippen molar-refractivity contribution in [1.29, 1.82) is 0 Å². The fraction of sp³-hybridized carbons (Fsp3) is 0.600. The molecular formula is C5H7O2. The summed E-state index contributed by atoms with van der Waals surface area (Å²) in [6.07, 6.45) is 0.528. The number of carbonyl (C=O) groups excluding carboxylic acids is 1. The molecule has 1 fully saturated rings. The van der Waals surface area contributed by atoms with E-state index in [0.717, 1.165) is 5.92 Å². The molecule has 0 bridgehead atoms. The first kappa shape index (κ1) is 4.62. The van der Waals surface area contributed by atoms with Gasteiger partial charge in [0.05, 0.1) is 13.0 Å². The number of hydrogen-bond donors (Lipinski definition) is 0. The van der Waals surface area contributed by atoms with Gasteiger partial charge in [0, 0.05) is 5.92 Å². The van der Waals surface area contributed by atoms with Crippen molar-refractivity contribution >= 4 is 5.97 Å². The summed E-state index contributed by atoms with van der Waals surface area (Å²) in [5.41, 5.74) is 0.